The molecule has 1 aliphatic heterocycles. The first-order valence-electron chi connectivity index (χ1n) is 10.2. The molecule has 0 unspecified atom stereocenters. The lowest BCUT2D eigenvalue weighted by Gasteiger charge is -2.32. The first-order chi connectivity index (χ1) is 13.6. The summed E-state index contributed by atoms with van der Waals surface area (Å²) < 4.78 is 5.07. The number of piperidine rings is 1. The lowest BCUT2D eigenvalue weighted by molar-refractivity contribution is 0.0963. The van der Waals surface area contributed by atoms with Crippen LogP contribution in [0.25, 0.3) is 0 Å². The number of carbonyl (C=O) groups is 1. The number of likely N-dealkylation sites (tertiary alicyclic amines) is 1. The average Bonchev–Trinajstić information content (AvgIpc) is 2.71. The van der Waals surface area contributed by atoms with E-state index in [0.29, 0.717) is 12.6 Å². The Bertz CT molecular complexity index is 600. The number of amides is 1. The first-order valence-corrected chi connectivity index (χ1v) is 10.2. The second-order valence-corrected chi connectivity index (χ2v) is 7.18. The molecule has 1 heterocycles. The van der Waals surface area contributed by atoms with Gasteiger partial charge in [-0.05, 0) is 45.3 Å². The minimum atomic E-state index is -0.205. The minimum Gasteiger partial charge on any atom is -0.450 e. The molecule has 1 aliphatic rings. The summed E-state index contributed by atoms with van der Waals surface area (Å²) in [5.41, 5.74) is 1.34. The number of benzene rings is 1. The molecule has 7 nitrogen and oxygen atoms in total. The van der Waals surface area contributed by atoms with Gasteiger partial charge in [0.25, 0.3) is 0 Å². The van der Waals surface area contributed by atoms with Gasteiger partial charge in [-0.3, -0.25) is 4.99 Å². The highest BCUT2D eigenvalue weighted by Gasteiger charge is 2.23. The SMILES string of the molecule is CCOC(=O)N1CCC(NC(=NC)NCCCN(C)Cc2ccccc2)CC1. The molecular formula is C21H35N5O2. The molecule has 1 aromatic carbocycles. The van der Waals surface area contributed by atoms with E-state index in [4.69, 9.17) is 4.74 Å². The minimum absolute atomic E-state index is 0.205. The maximum atomic E-state index is 11.8. The van der Waals surface area contributed by atoms with Crippen molar-refractivity contribution in [3.63, 3.8) is 0 Å². The quantitative estimate of drug-likeness (QED) is 0.406. The van der Waals surface area contributed by atoms with E-state index in [-0.39, 0.29) is 6.09 Å². The number of nitrogens with zero attached hydrogens (tertiary/aromatic N) is 3. The fourth-order valence-corrected chi connectivity index (χ4v) is 3.34. The number of nitrogens with one attached hydrogen (secondary N) is 2. The van der Waals surface area contributed by atoms with Gasteiger partial charge in [-0.1, -0.05) is 30.3 Å². The molecule has 0 spiro atoms. The van der Waals surface area contributed by atoms with E-state index < -0.39 is 0 Å². The van der Waals surface area contributed by atoms with Crippen LogP contribution in [-0.2, 0) is 11.3 Å². The standard InChI is InChI=1S/C21H35N5O2/c1-4-28-21(27)26-15-11-19(12-16-26)24-20(22-2)23-13-8-14-25(3)17-18-9-6-5-7-10-18/h5-7,9-10,19H,4,8,11-17H2,1-3H3,(H2,22,23,24). The fraction of sp³-hybridized carbons (Fsp3) is 0.619. The largest absolute Gasteiger partial charge is 0.450 e. The van der Waals surface area contributed by atoms with Gasteiger partial charge in [0, 0.05) is 39.3 Å². The van der Waals surface area contributed by atoms with Crippen LogP contribution in [0, 0.1) is 0 Å². The molecule has 1 amide bonds. The maximum absolute atomic E-state index is 11.8. The van der Waals surface area contributed by atoms with Crippen molar-refractivity contribution >= 4 is 12.1 Å². The lowest BCUT2D eigenvalue weighted by atomic mass is 10.1. The fourth-order valence-electron chi connectivity index (χ4n) is 3.34. The molecular weight excluding hydrogens is 354 g/mol. The summed E-state index contributed by atoms with van der Waals surface area (Å²) in [5, 5.41) is 6.87. The number of ether oxygens (including phenoxy) is 1. The van der Waals surface area contributed by atoms with E-state index in [1.807, 2.05) is 13.0 Å². The van der Waals surface area contributed by atoms with Crippen LogP contribution in [0.3, 0.4) is 0 Å². The molecule has 0 aliphatic carbocycles. The van der Waals surface area contributed by atoms with Gasteiger partial charge in [-0.2, -0.15) is 0 Å². The monoisotopic (exact) mass is 389 g/mol. The van der Waals surface area contributed by atoms with Crippen molar-refractivity contribution < 1.29 is 9.53 Å². The van der Waals surface area contributed by atoms with E-state index in [9.17, 15) is 4.79 Å². The normalized spacial score (nSPS) is 15.6. The van der Waals surface area contributed by atoms with Gasteiger partial charge >= 0.3 is 6.09 Å². The summed E-state index contributed by atoms with van der Waals surface area (Å²) in [6.07, 6.45) is 2.65. The first kappa shape index (κ1) is 22.0. The molecule has 2 N–H and O–H groups in total. The summed E-state index contributed by atoms with van der Waals surface area (Å²) >= 11 is 0. The van der Waals surface area contributed by atoms with Crippen molar-refractivity contribution in [3.05, 3.63) is 35.9 Å². The molecule has 1 saturated heterocycles. The highest BCUT2D eigenvalue weighted by atomic mass is 16.6. The Balaban J connectivity index is 1.61. The van der Waals surface area contributed by atoms with Gasteiger partial charge in [0.2, 0.25) is 0 Å². The van der Waals surface area contributed by atoms with Gasteiger partial charge in [0.1, 0.15) is 0 Å². The van der Waals surface area contributed by atoms with Gasteiger partial charge < -0.3 is 25.2 Å². The Kier molecular flexibility index (Phi) is 9.62. The van der Waals surface area contributed by atoms with Crippen LogP contribution < -0.4 is 10.6 Å². The molecule has 0 bridgehead atoms. The molecule has 1 fully saturated rings. The Hall–Kier alpha value is -2.28. The highest BCUT2D eigenvalue weighted by molar-refractivity contribution is 5.80. The highest BCUT2D eigenvalue weighted by Crippen LogP contribution is 2.11. The van der Waals surface area contributed by atoms with Crippen molar-refractivity contribution in [3.8, 4) is 0 Å². The van der Waals surface area contributed by atoms with Gasteiger partial charge in [-0.25, -0.2) is 4.79 Å². The predicted molar refractivity (Wildman–Crippen MR) is 114 cm³/mol. The molecule has 28 heavy (non-hydrogen) atoms. The summed E-state index contributed by atoms with van der Waals surface area (Å²) in [6.45, 7) is 6.56. The number of carbonyl (C=O) groups excluding carboxylic acids is 1. The predicted octanol–water partition coefficient (Wildman–Crippen LogP) is 2.29. The molecule has 0 atom stereocenters. The summed E-state index contributed by atoms with van der Waals surface area (Å²) in [4.78, 5) is 20.2. The van der Waals surface area contributed by atoms with Crippen LogP contribution in [0.2, 0.25) is 0 Å². The van der Waals surface area contributed by atoms with E-state index in [1.165, 1.54) is 5.56 Å². The lowest BCUT2D eigenvalue weighted by Crippen LogP contribution is -2.50. The Labute approximate surface area is 169 Å². The van der Waals surface area contributed by atoms with Crippen molar-refractivity contribution in [2.24, 2.45) is 4.99 Å². The third-order valence-corrected chi connectivity index (χ3v) is 4.89. The third kappa shape index (κ3) is 7.76. The zero-order chi connectivity index (χ0) is 20.2. The molecule has 1 aromatic rings. The Morgan fingerprint density at radius 3 is 2.64 bits per heavy atom. The second-order valence-electron chi connectivity index (χ2n) is 7.18. The number of aliphatic imine (C=N–C) groups is 1. The third-order valence-electron chi connectivity index (χ3n) is 4.89. The Morgan fingerprint density at radius 2 is 2.00 bits per heavy atom. The number of hydrogen-bond acceptors (Lipinski definition) is 4. The van der Waals surface area contributed by atoms with Crippen molar-refractivity contribution in [1.29, 1.82) is 0 Å². The zero-order valence-corrected chi connectivity index (χ0v) is 17.5. The summed E-state index contributed by atoms with van der Waals surface area (Å²) in [5.74, 6) is 0.834. The van der Waals surface area contributed by atoms with Crippen LogP contribution in [0.5, 0.6) is 0 Å². The average molecular weight is 390 g/mol. The van der Waals surface area contributed by atoms with Crippen molar-refractivity contribution in [2.45, 2.75) is 38.8 Å². The van der Waals surface area contributed by atoms with Gasteiger partial charge in [0.05, 0.1) is 6.61 Å². The van der Waals surface area contributed by atoms with E-state index in [2.05, 4.69) is 51.8 Å². The molecule has 0 radical (unpaired) electrons. The number of guanidine groups is 1. The summed E-state index contributed by atoms with van der Waals surface area (Å²) in [7, 11) is 3.95. The molecule has 156 valence electrons. The molecule has 7 heteroatoms. The van der Waals surface area contributed by atoms with Gasteiger partial charge in [-0.15, -0.1) is 0 Å². The van der Waals surface area contributed by atoms with Crippen molar-refractivity contribution in [2.75, 3.05) is 46.9 Å². The molecule has 2 rings (SSSR count). The van der Waals surface area contributed by atoms with Crippen LogP contribution in [0.15, 0.2) is 35.3 Å². The Morgan fingerprint density at radius 1 is 1.29 bits per heavy atom. The van der Waals surface area contributed by atoms with E-state index in [0.717, 1.165) is 57.9 Å². The molecule has 0 aromatic heterocycles. The van der Waals surface area contributed by atoms with Crippen LogP contribution in [0.4, 0.5) is 4.79 Å². The summed E-state index contributed by atoms with van der Waals surface area (Å²) in [6, 6.07) is 10.9. The van der Waals surface area contributed by atoms with Crippen molar-refractivity contribution in [1.82, 2.24) is 20.4 Å². The van der Waals surface area contributed by atoms with E-state index in [1.54, 1.807) is 11.9 Å². The van der Waals surface area contributed by atoms with Crippen LogP contribution >= 0.6 is 0 Å². The second kappa shape index (κ2) is 12.2. The number of rotatable bonds is 8. The maximum Gasteiger partial charge on any atom is 0.409 e. The van der Waals surface area contributed by atoms with Crippen LogP contribution in [-0.4, -0.2) is 74.8 Å². The van der Waals surface area contributed by atoms with Gasteiger partial charge in [0.15, 0.2) is 5.96 Å². The van der Waals surface area contributed by atoms with E-state index >= 15 is 0 Å². The van der Waals surface area contributed by atoms with Crippen LogP contribution in [0.1, 0.15) is 31.7 Å². The topological polar surface area (TPSA) is 69.2 Å². The number of hydrogen-bond donors (Lipinski definition) is 2. The zero-order valence-electron chi connectivity index (χ0n) is 17.5. The molecule has 0 saturated carbocycles. The smallest absolute Gasteiger partial charge is 0.409 e.